The lowest BCUT2D eigenvalue weighted by Gasteiger charge is -2.09. The van der Waals surface area contributed by atoms with Crippen LogP contribution in [0.5, 0.6) is 5.75 Å². The number of nitrogens with one attached hydrogen (secondary N) is 2. The summed E-state index contributed by atoms with van der Waals surface area (Å²) in [6, 6.07) is 12.9. The van der Waals surface area contributed by atoms with Crippen molar-refractivity contribution < 1.29 is 9.53 Å². The van der Waals surface area contributed by atoms with Crippen molar-refractivity contribution in [2.45, 2.75) is 13.8 Å². The Labute approximate surface area is 135 Å². The minimum absolute atomic E-state index is 0.124. The van der Waals surface area contributed by atoms with Gasteiger partial charge in [0.1, 0.15) is 5.75 Å². The van der Waals surface area contributed by atoms with Gasteiger partial charge in [0, 0.05) is 16.4 Å². The van der Waals surface area contributed by atoms with Gasteiger partial charge in [-0.05, 0) is 55.8 Å². The zero-order valence-corrected chi connectivity index (χ0v) is 13.4. The molecule has 4 nitrogen and oxygen atoms in total. The molecule has 2 N–H and O–H groups in total. The average molecular weight is 319 g/mol. The Hall–Kier alpha value is -2.20. The van der Waals surface area contributed by atoms with E-state index in [-0.39, 0.29) is 12.5 Å². The topological polar surface area (TPSA) is 50.4 Å². The van der Waals surface area contributed by atoms with Crippen LogP contribution in [0.25, 0.3) is 0 Å². The Balaban J connectivity index is 1.85. The van der Waals surface area contributed by atoms with E-state index in [0.29, 0.717) is 11.6 Å². The highest BCUT2D eigenvalue weighted by Gasteiger charge is 2.04. The highest BCUT2D eigenvalue weighted by molar-refractivity contribution is 6.31. The molecule has 0 spiro atoms. The molecular formula is C17H19ClN2O2. The largest absolute Gasteiger partial charge is 0.494 e. The van der Waals surface area contributed by atoms with E-state index in [0.717, 1.165) is 22.7 Å². The maximum atomic E-state index is 11.9. The molecule has 116 valence electrons. The van der Waals surface area contributed by atoms with Gasteiger partial charge in [-0.25, -0.2) is 0 Å². The predicted molar refractivity (Wildman–Crippen MR) is 90.9 cm³/mol. The van der Waals surface area contributed by atoms with E-state index in [1.54, 1.807) is 6.07 Å². The van der Waals surface area contributed by atoms with E-state index in [1.165, 1.54) is 0 Å². The summed E-state index contributed by atoms with van der Waals surface area (Å²) in [6.45, 7) is 4.66. The maximum absolute atomic E-state index is 11.9. The predicted octanol–water partition coefficient (Wildman–Crippen LogP) is 4.10. The molecule has 1 amide bonds. The summed E-state index contributed by atoms with van der Waals surface area (Å²) >= 11 is 6.05. The quantitative estimate of drug-likeness (QED) is 0.843. The van der Waals surface area contributed by atoms with Crippen molar-refractivity contribution in [3.63, 3.8) is 0 Å². The van der Waals surface area contributed by atoms with Gasteiger partial charge in [-0.3, -0.25) is 4.79 Å². The Morgan fingerprint density at radius 1 is 1.14 bits per heavy atom. The zero-order chi connectivity index (χ0) is 15.9. The van der Waals surface area contributed by atoms with Crippen LogP contribution in [0, 0.1) is 6.92 Å². The Bertz CT molecular complexity index is 642. The minimum Gasteiger partial charge on any atom is -0.494 e. The SMILES string of the molecule is CCOc1ccc(NC(=O)CNc2ccc(C)c(Cl)c2)cc1. The van der Waals surface area contributed by atoms with E-state index in [2.05, 4.69) is 10.6 Å². The molecule has 2 aromatic carbocycles. The first kappa shape index (κ1) is 16.2. The lowest BCUT2D eigenvalue weighted by atomic mass is 10.2. The van der Waals surface area contributed by atoms with E-state index < -0.39 is 0 Å². The molecule has 0 aliphatic carbocycles. The molecule has 2 rings (SSSR count). The Morgan fingerprint density at radius 2 is 1.82 bits per heavy atom. The number of hydrogen-bond donors (Lipinski definition) is 2. The van der Waals surface area contributed by atoms with Crippen LogP contribution in [-0.2, 0) is 4.79 Å². The molecule has 0 bridgehead atoms. The zero-order valence-electron chi connectivity index (χ0n) is 12.7. The van der Waals surface area contributed by atoms with Crippen LogP contribution in [0.15, 0.2) is 42.5 Å². The first-order chi connectivity index (χ1) is 10.6. The number of anilines is 2. The van der Waals surface area contributed by atoms with Crippen LogP contribution in [0.2, 0.25) is 5.02 Å². The third-order valence-corrected chi connectivity index (χ3v) is 3.48. The standard InChI is InChI=1S/C17H19ClN2O2/c1-3-22-15-8-6-13(7-9-15)20-17(21)11-19-14-5-4-12(2)16(18)10-14/h4-10,19H,3,11H2,1-2H3,(H,20,21). The lowest BCUT2D eigenvalue weighted by molar-refractivity contribution is -0.114. The second kappa shape index (κ2) is 7.71. The summed E-state index contributed by atoms with van der Waals surface area (Å²) in [6.07, 6.45) is 0. The van der Waals surface area contributed by atoms with Crippen molar-refractivity contribution in [2.75, 3.05) is 23.8 Å². The fraction of sp³-hybridized carbons (Fsp3) is 0.235. The number of carbonyl (C=O) groups excluding carboxylic acids is 1. The first-order valence-corrected chi connectivity index (χ1v) is 7.49. The molecule has 2 aromatic rings. The lowest BCUT2D eigenvalue weighted by Crippen LogP contribution is -2.21. The van der Waals surface area contributed by atoms with Crippen molar-refractivity contribution in [1.29, 1.82) is 0 Å². The average Bonchev–Trinajstić information content (AvgIpc) is 2.51. The molecule has 0 aliphatic rings. The number of aryl methyl sites for hydroxylation is 1. The molecule has 0 atom stereocenters. The molecule has 22 heavy (non-hydrogen) atoms. The van der Waals surface area contributed by atoms with Gasteiger partial charge in [0.25, 0.3) is 0 Å². The van der Waals surface area contributed by atoms with Crippen molar-refractivity contribution in [3.8, 4) is 5.75 Å². The fourth-order valence-corrected chi connectivity index (χ4v) is 2.07. The summed E-state index contributed by atoms with van der Waals surface area (Å²) < 4.78 is 5.35. The number of ether oxygens (including phenoxy) is 1. The van der Waals surface area contributed by atoms with Gasteiger partial charge in [-0.15, -0.1) is 0 Å². The van der Waals surface area contributed by atoms with Crippen LogP contribution in [0.3, 0.4) is 0 Å². The third-order valence-electron chi connectivity index (χ3n) is 3.07. The summed E-state index contributed by atoms with van der Waals surface area (Å²) in [7, 11) is 0. The van der Waals surface area contributed by atoms with Gasteiger partial charge in [0.05, 0.1) is 13.2 Å². The van der Waals surface area contributed by atoms with Crippen LogP contribution < -0.4 is 15.4 Å². The molecule has 0 unspecified atom stereocenters. The first-order valence-electron chi connectivity index (χ1n) is 7.11. The minimum atomic E-state index is -0.124. The van der Waals surface area contributed by atoms with Gasteiger partial charge in [0.2, 0.25) is 5.91 Å². The molecule has 0 heterocycles. The van der Waals surface area contributed by atoms with Crippen LogP contribution in [0.4, 0.5) is 11.4 Å². The molecule has 0 saturated carbocycles. The third kappa shape index (κ3) is 4.67. The maximum Gasteiger partial charge on any atom is 0.243 e. The van der Waals surface area contributed by atoms with Gasteiger partial charge < -0.3 is 15.4 Å². The number of halogens is 1. The van der Waals surface area contributed by atoms with Gasteiger partial charge in [-0.1, -0.05) is 17.7 Å². The Kier molecular flexibility index (Phi) is 5.67. The monoisotopic (exact) mass is 318 g/mol. The van der Waals surface area contributed by atoms with Crippen molar-refractivity contribution in [1.82, 2.24) is 0 Å². The van der Waals surface area contributed by atoms with Crippen LogP contribution in [0.1, 0.15) is 12.5 Å². The molecule has 0 fully saturated rings. The summed E-state index contributed by atoms with van der Waals surface area (Å²) in [5, 5.41) is 6.54. The van der Waals surface area contributed by atoms with E-state index in [9.17, 15) is 4.79 Å². The molecular weight excluding hydrogens is 300 g/mol. The summed E-state index contributed by atoms with van der Waals surface area (Å²) in [5.41, 5.74) is 2.56. The summed E-state index contributed by atoms with van der Waals surface area (Å²) in [4.78, 5) is 11.9. The van der Waals surface area contributed by atoms with Crippen molar-refractivity contribution in [3.05, 3.63) is 53.1 Å². The second-order valence-electron chi connectivity index (χ2n) is 4.82. The highest BCUT2D eigenvalue weighted by atomic mass is 35.5. The molecule has 0 aromatic heterocycles. The normalized spacial score (nSPS) is 10.1. The number of benzene rings is 2. The van der Waals surface area contributed by atoms with Crippen LogP contribution in [-0.4, -0.2) is 19.1 Å². The fourth-order valence-electron chi connectivity index (χ4n) is 1.89. The summed E-state index contributed by atoms with van der Waals surface area (Å²) in [5.74, 6) is 0.661. The van der Waals surface area contributed by atoms with E-state index in [1.807, 2.05) is 50.2 Å². The van der Waals surface area contributed by atoms with Gasteiger partial charge in [-0.2, -0.15) is 0 Å². The van der Waals surface area contributed by atoms with Crippen molar-refractivity contribution >= 4 is 28.9 Å². The number of amides is 1. The smallest absolute Gasteiger partial charge is 0.243 e. The molecule has 5 heteroatoms. The van der Waals surface area contributed by atoms with Crippen molar-refractivity contribution in [2.24, 2.45) is 0 Å². The van der Waals surface area contributed by atoms with E-state index >= 15 is 0 Å². The van der Waals surface area contributed by atoms with Gasteiger partial charge in [0.15, 0.2) is 0 Å². The molecule has 0 saturated heterocycles. The highest BCUT2D eigenvalue weighted by Crippen LogP contribution is 2.20. The number of carbonyl (C=O) groups is 1. The van der Waals surface area contributed by atoms with E-state index in [4.69, 9.17) is 16.3 Å². The molecule has 0 aliphatic heterocycles. The second-order valence-corrected chi connectivity index (χ2v) is 5.23. The Morgan fingerprint density at radius 3 is 2.45 bits per heavy atom. The van der Waals surface area contributed by atoms with Gasteiger partial charge >= 0.3 is 0 Å². The molecule has 0 radical (unpaired) electrons. The number of rotatable bonds is 6. The van der Waals surface area contributed by atoms with Crippen LogP contribution >= 0.6 is 11.6 Å². The number of hydrogen-bond acceptors (Lipinski definition) is 3.